The number of rotatable bonds is 5. The largest absolute Gasteiger partial charge is 0.298 e. The van der Waals surface area contributed by atoms with E-state index in [0.29, 0.717) is 6.04 Å². The van der Waals surface area contributed by atoms with Crippen molar-refractivity contribution in [1.29, 1.82) is 0 Å². The fourth-order valence-corrected chi connectivity index (χ4v) is 4.26. The molecule has 3 rings (SSSR count). The average Bonchev–Trinajstić information content (AvgIpc) is 3.19. The van der Waals surface area contributed by atoms with Crippen LogP contribution in [-0.4, -0.2) is 0 Å². The van der Waals surface area contributed by atoms with E-state index in [4.69, 9.17) is 0 Å². The van der Waals surface area contributed by atoms with E-state index in [9.17, 15) is 0 Å². The summed E-state index contributed by atoms with van der Waals surface area (Å²) in [5, 5.41) is 8.04. The molecule has 0 bridgehead atoms. The summed E-state index contributed by atoms with van der Waals surface area (Å²) >= 11 is 7.10. The van der Waals surface area contributed by atoms with Gasteiger partial charge in [-0.15, -0.1) is 22.7 Å². The van der Waals surface area contributed by atoms with E-state index in [1.54, 1.807) is 22.7 Å². The Morgan fingerprint density at radius 2 is 1.48 bits per heavy atom. The normalized spacial score (nSPS) is 12.7. The van der Waals surface area contributed by atoms with Crippen molar-refractivity contribution >= 4 is 38.6 Å². The van der Waals surface area contributed by atoms with E-state index < -0.39 is 0 Å². The second kappa shape index (κ2) is 6.88. The van der Waals surface area contributed by atoms with Crippen LogP contribution in [0.1, 0.15) is 34.3 Å². The molecule has 0 amide bonds. The minimum Gasteiger partial charge on any atom is -0.298 e. The molecule has 1 N–H and O–H groups in total. The van der Waals surface area contributed by atoms with Gasteiger partial charge in [-0.3, -0.25) is 5.32 Å². The highest BCUT2D eigenvalue weighted by molar-refractivity contribution is 9.10. The molecule has 0 spiro atoms. The Bertz CT molecular complexity index is 625. The van der Waals surface area contributed by atoms with Crippen molar-refractivity contribution in [1.82, 2.24) is 5.32 Å². The van der Waals surface area contributed by atoms with Crippen molar-refractivity contribution in [2.75, 3.05) is 0 Å². The van der Waals surface area contributed by atoms with Crippen LogP contribution in [-0.2, 0) is 0 Å². The van der Waals surface area contributed by atoms with Crippen LogP contribution in [0.3, 0.4) is 0 Å². The minimum absolute atomic E-state index is 0.267. The van der Waals surface area contributed by atoms with Crippen molar-refractivity contribution in [2.45, 2.75) is 19.0 Å². The molecule has 0 radical (unpaired) electrons. The maximum absolute atomic E-state index is 3.76. The lowest BCUT2D eigenvalue weighted by molar-refractivity contribution is 0.526. The molecule has 1 atom stereocenters. The zero-order valence-electron chi connectivity index (χ0n) is 11.6. The minimum atomic E-state index is 0.267. The van der Waals surface area contributed by atoms with Crippen LogP contribution in [0.2, 0.25) is 0 Å². The first-order valence-corrected chi connectivity index (χ1v) is 9.37. The lowest BCUT2D eigenvalue weighted by atomic mass is 10.1. The van der Waals surface area contributed by atoms with Crippen LogP contribution in [0.4, 0.5) is 0 Å². The molecule has 21 heavy (non-hydrogen) atoms. The summed E-state index contributed by atoms with van der Waals surface area (Å²) in [6.45, 7) is 2.22. The van der Waals surface area contributed by atoms with Gasteiger partial charge in [-0.2, -0.15) is 0 Å². The topological polar surface area (TPSA) is 12.0 Å². The lowest BCUT2D eigenvalue weighted by Crippen LogP contribution is -2.24. The van der Waals surface area contributed by atoms with E-state index in [1.807, 2.05) is 0 Å². The SMILES string of the molecule is CC(NC(c1cccs1)c1cccs1)c1ccc(Br)cc1. The summed E-state index contributed by atoms with van der Waals surface area (Å²) in [6.07, 6.45) is 0. The second-order valence-corrected chi connectivity index (χ2v) is 7.78. The number of hydrogen-bond donors (Lipinski definition) is 1. The van der Waals surface area contributed by atoms with Crippen LogP contribution < -0.4 is 5.32 Å². The van der Waals surface area contributed by atoms with E-state index in [0.717, 1.165) is 4.47 Å². The fourth-order valence-electron chi connectivity index (χ4n) is 2.31. The predicted octanol–water partition coefficient (Wildman–Crippen LogP) is 6.01. The maximum Gasteiger partial charge on any atom is 0.0769 e. The highest BCUT2D eigenvalue weighted by Crippen LogP contribution is 2.31. The van der Waals surface area contributed by atoms with Gasteiger partial charge in [0.15, 0.2) is 0 Å². The molecule has 1 aromatic carbocycles. The highest BCUT2D eigenvalue weighted by Gasteiger charge is 2.19. The molecule has 0 aliphatic heterocycles. The molecular formula is C17H16BrNS2. The molecule has 3 aromatic rings. The molecule has 4 heteroatoms. The molecule has 0 aliphatic rings. The molecule has 0 aliphatic carbocycles. The molecule has 0 fully saturated rings. The standard InChI is InChI=1S/C17H16BrNS2/c1-12(13-6-8-14(18)9-7-13)19-17(15-4-2-10-20-15)16-5-3-11-21-16/h2-12,17,19H,1H3. The van der Waals surface area contributed by atoms with Gasteiger partial charge in [0.05, 0.1) is 6.04 Å². The van der Waals surface area contributed by atoms with Gasteiger partial charge in [-0.05, 0) is 47.5 Å². The number of thiophene rings is 2. The third-order valence-electron chi connectivity index (χ3n) is 3.44. The fraction of sp³-hybridized carbons (Fsp3) is 0.176. The van der Waals surface area contributed by atoms with Crippen molar-refractivity contribution in [3.63, 3.8) is 0 Å². The Balaban J connectivity index is 1.83. The van der Waals surface area contributed by atoms with Crippen molar-refractivity contribution in [3.8, 4) is 0 Å². The van der Waals surface area contributed by atoms with E-state index in [-0.39, 0.29) is 6.04 Å². The van der Waals surface area contributed by atoms with Crippen molar-refractivity contribution < 1.29 is 0 Å². The Labute approximate surface area is 141 Å². The summed E-state index contributed by atoms with van der Waals surface area (Å²) < 4.78 is 1.12. The number of benzene rings is 1. The lowest BCUT2D eigenvalue weighted by Gasteiger charge is -2.22. The zero-order valence-corrected chi connectivity index (χ0v) is 14.8. The van der Waals surface area contributed by atoms with Gasteiger partial charge in [0.25, 0.3) is 0 Å². The van der Waals surface area contributed by atoms with Gasteiger partial charge in [0.1, 0.15) is 0 Å². The maximum atomic E-state index is 3.76. The molecule has 0 saturated carbocycles. The van der Waals surface area contributed by atoms with Crippen LogP contribution in [0, 0.1) is 0 Å². The third kappa shape index (κ3) is 3.64. The quantitative estimate of drug-likeness (QED) is 0.573. The predicted molar refractivity (Wildman–Crippen MR) is 96.2 cm³/mol. The van der Waals surface area contributed by atoms with Crippen LogP contribution in [0.25, 0.3) is 0 Å². The van der Waals surface area contributed by atoms with Gasteiger partial charge in [-0.25, -0.2) is 0 Å². The molecule has 108 valence electrons. The number of nitrogens with one attached hydrogen (secondary N) is 1. The summed E-state index contributed by atoms with van der Waals surface area (Å²) in [4.78, 5) is 2.72. The van der Waals surface area contributed by atoms with E-state index in [2.05, 4.69) is 87.5 Å². The molecular weight excluding hydrogens is 362 g/mol. The monoisotopic (exact) mass is 377 g/mol. The first kappa shape index (κ1) is 15.0. The smallest absolute Gasteiger partial charge is 0.0769 e. The number of hydrogen-bond acceptors (Lipinski definition) is 3. The zero-order chi connectivity index (χ0) is 14.7. The van der Waals surface area contributed by atoms with Gasteiger partial charge in [0.2, 0.25) is 0 Å². The van der Waals surface area contributed by atoms with Crippen LogP contribution in [0.15, 0.2) is 63.8 Å². The summed E-state index contributed by atoms with van der Waals surface area (Å²) in [6, 6.07) is 17.7. The van der Waals surface area contributed by atoms with Crippen molar-refractivity contribution in [3.05, 3.63) is 79.1 Å². The van der Waals surface area contributed by atoms with Crippen LogP contribution in [0.5, 0.6) is 0 Å². The Morgan fingerprint density at radius 1 is 0.905 bits per heavy atom. The summed E-state index contributed by atoms with van der Waals surface area (Å²) in [7, 11) is 0. The average molecular weight is 378 g/mol. The van der Waals surface area contributed by atoms with Gasteiger partial charge >= 0.3 is 0 Å². The van der Waals surface area contributed by atoms with Crippen molar-refractivity contribution in [2.24, 2.45) is 0 Å². The molecule has 0 saturated heterocycles. The summed E-state index contributed by atoms with van der Waals surface area (Å²) in [5.41, 5.74) is 1.30. The second-order valence-electron chi connectivity index (χ2n) is 4.90. The highest BCUT2D eigenvalue weighted by atomic mass is 79.9. The Hall–Kier alpha value is -0.940. The molecule has 1 nitrogen and oxygen atoms in total. The Kier molecular flexibility index (Phi) is 4.91. The van der Waals surface area contributed by atoms with E-state index in [1.165, 1.54) is 15.3 Å². The van der Waals surface area contributed by atoms with Gasteiger partial charge < -0.3 is 0 Å². The summed E-state index contributed by atoms with van der Waals surface area (Å²) in [5.74, 6) is 0. The molecule has 2 heterocycles. The van der Waals surface area contributed by atoms with Crippen LogP contribution >= 0.6 is 38.6 Å². The first-order valence-electron chi connectivity index (χ1n) is 6.82. The molecule has 2 aromatic heterocycles. The van der Waals surface area contributed by atoms with E-state index >= 15 is 0 Å². The molecule has 1 unspecified atom stereocenters. The first-order chi connectivity index (χ1) is 10.2. The third-order valence-corrected chi connectivity index (χ3v) is 5.85. The van der Waals surface area contributed by atoms with Gasteiger partial charge in [-0.1, -0.05) is 40.2 Å². The Morgan fingerprint density at radius 3 is 1.95 bits per heavy atom. The van der Waals surface area contributed by atoms with Gasteiger partial charge in [0, 0.05) is 20.3 Å². The number of halogens is 1.